The number of furan rings is 1. The van der Waals surface area contributed by atoms with E-state index in [4.69, 9.17) is 16.0 Å². The van der Waals surface area contributed by atoms with Crippen molar-refractivity contribution >= 4 is 11.6 Å². The highest BCUT2D eigenvalue weighted by Gasteiger charge is 2.18. The zero-order valence-corrected chi connectivity index (χ0v) is 12.7. The van der Waals surface area contributed by atoms with Gasteiger partial charge in [-0.1, -0.05) is 43.5 Å². The van der Waals surface area contributed by atoms with Gasteiger partial charge in [0.15, 0.2) is 0 Å². The third-order valence-corrected chi connectivity index (χ3v) is 4.89. The van der Waals surface area contributed by atoms with Crippen molar-refractivity contribution in [3.05, 3.63) is 59.0 Å². The first-order valence-corrected chi connectivity index (χ1v) is 7.97. The van der Waals surface area contributed by atoms with Crippen LogP contribution in [0.25, 0.3) is 0 Å². The van der Waals surface area contributed by atoms with Crippen molar-refractivity contribution in [3.63, 3.8) is 0 Å². The van der Waals surface area contributed by atoms with Crippen molar-refractivity contribution in [1.82, 2.24) is 0 Å². The topological polar surface area (TPSA) is 13.1 Å². The second-order valence-corrected chi connectivity index (χ2v) is 6.27. The Balaban J connectivity index is 1.77. The van der Waals surface area contributed by atoms with Gasteiger partial charge in [0.1, 0.15) is 11.1 Å². The van der Waals surface area contributed by atoms with Crippen molar-refractivity contribution in [1.29, 1.82) is 0 Å². The molecular weight excluding hydrogens is 268 g/mol. The molecule has 1 aromatic carbocycles. The molecule has 106 valence electrons. The number of aryl methyl sites for hydroxylation is 1. The van der Waals surface area contributed by atoms with E-state index < -0.39 is 0 Å². The highest BCUT2D eigenvalue weighted by Crippen LogP contribution is 2.35. The smallest absolute Gasteiger partial charge is 0.128 e. The zero-order valence-electron chi connectivity index (χ0n) is 11.9. The predicted octanol–water partition coefficient (Wildman–Crippen LogP) is 5.96. The Morgan fingerprint density at radius 1 is 1.05 bits per heavy atom. The lowest BCUT2D eigenvalue weighted by Gasteiger charge is -2.22. The third kappa shape index (κ3) is 2.78. The summed E-state index contributed by atoms with van der Waals surface area (Å²) in [6, 6.07) is 10.8. The second-order valence-electron chi connectivity index (χ2n) is 5.83. The first kappa shape index (κ1) is 13.8. The molecule has 0 saturated heterocycles. The summed E-state index contributed by atoms with van der Waals surface area (Å²) in [6.45, 7) is 2.03. The largest absolute Gasteiger partial charge is 0.467 e. The van der Waals surface area contributed by atoms with E-state index >= 15 is 0 Å². The number of hydrogen-bond acceptors (Lipinski definition) is 1. The summed E-state index contributed by atoms with van der Waals surface area (Å²) < 4.78 is 5.50. The van der Waals surface area contributed by atoms with Gasteiger partial charge in [-0.05, 0) is 48.4 Å². The van der Waals surface area contributed by atoms with Crippen molar-refractivity contribution in [2.45, 2.75) is 50.3 Å². The lowest BCUT2D eigenvalue weighted by atomic mass is 9.84. The molecule has 2 heteroatoms. The van der Waals surface area contributed by atoms with Crippen LogP contribution in [0.5, 0.6) is 0 Å². The highest BCUT2D eigenvalue weighted by atomic mass is 35.5. The van der Waals surface area contributed by atoms with Crippen LogP contribution in [-0.4, -0.2) is 0 Å². The number of halogens is 1. The number of alkyl halides is 1. The molecule has 0 radical (unpaired) electrons. The Hall–Kier alpha value is -1.21. The molecule has 0 spiro atoms. The lowest BCUT2D eigenvalue weighted by molar-refractivity contribution is 0.443. The van der Waals surface area contributed by atoms with Crippen molar-refractivity contribution in [2.24, 2.45) is 0 Å². The van der Waals surface area contributed by atoms with Gasteiger partial charge in [-0.3, -0.25) is 0 Å². The van der Waals surface area contributed by atoms with Gasteiger partial charge in [-0.15, -0.1) is 11.6 Å². The molecule has 2 aromatic rings. The number of benzene rings is 1. The maximum atomic E-state index is 6.52. The molecule has 0 bridgehead atoms. The fraction of sp³-hybridized carbons (Fsp3) is 0.444. The number of rotatable bonds is 3. The highest BCUT2D eigenvalue weighted by molar-refractivity contribution is 6.22. The molecule has 1 unspecified atom stereocenters. The molecule has 1 nitrogen and oxygen atoms in total. The van der Waals surface area contributed by atoms with Crippen molar-refractivity contribution in [3.8, 4) is 0 Å². The summed E-state index contributed by atoms with van der Waals surface area (Å²) in [4.78, 5) is 0. The minimum atomic E-state index is -0.189. The van der Waals surface area contributed by atoms with Crippen LogP contribution in [0, 0.1) is 6.92 Å². The van der Waals surface area contributed by atoms with Gasteiger partial charge < -0.3 is 4.42 Å². The average molecular weight is 289 g/mol. The molecule has 1 aliphatic carbocycles. The molecule has 0 aliphatic heterocycles. The lowest BCUT2D eigenvalue weighted by Crippen LogP contribution is -2.04. The Labute approximate surface area is 125 Å². The molecular formula is C18H21ClO. The summed E-state index contributed by atoms with van der Waals surface area (Å²) in [5, 5.41) is -0.189. The minimum absolute atomic E-state index is 0.189. The van der Waals surface area contributed by atoms with Crippen LogP contribution in [0.2, 0.25) is 0 Å². The normalized spacial score (nSPS) is 18.1. The maximum Gasteiger partial charge on any atom is 0.128 e. The van der Waals surface area contributed by atoms with E-state index in [1.54, 1.807) is 6.26 Å². The fourth-order valence-electron chi connectivity index (χ4n) is 3.17. The van der Waals surface area contributed by atoms with Crippen LogP contribution in [0.3, 0.4) is 0 Å². The van der Waals surface area contributed by atoms with Gasteiger partial charge >= 0.3 is 0 Å². The van der Waals surface area contributed by atoms with Gasteiger partial charge in [0, 0.05) is 0 Å². The Morgan fingerprint density at radius 2 is 1.75 bits per heavy atom. The maximum absolute atomic E-state index is 6.52. The van der Waals surface area contributed by atoms with Crippen LogP contribution in [0.4, 0.5) is 0 Å². The summed E-state index contributed by atoms with van der Waals surface area (Å²) >= 11 is 6.52. The molecule has 1 heterocycles. The SMILES string of the molecule is Cc1ccoc1C(Cl)c1ccc(C2CCCCC2)cc1. The second kappa shape index (κ2) is 6.05. The first-order chi connectivity index (χ1) is 9.75. The van der Waals surface area contributed by atoms with Crippen LogP contribution in [0.15, 0.2) is 41.0 Å². The summed E-state index contributed by atoms with van der Waals surface area (Å²) in [5.41, 5.74) is 3.69. The van der Waals surface area contributed by atoms with Crippen LogP contribution >= 0.6 is 11.6 Å². The van der Waals surface area contributed by atoms with E-state index in [-0.39, 0.29) is 5.38 Å². The quantitative estimate of drug-likeness (QED) is 0.635. The van der Waals surface area contributed by atoms with Gasteiger partial charge in [-0.25, -0.2) is 0 Å². The molecule has 0 N–H and O–H groups in total. The van der Waals surface area contributed by atoms with E-state index in [0.29, 0.717) is 0 Å². The Bertz CT molecular complexity index is 549. The standard InChI is InChI=1S/C18H21ClO/c1-13-11-12-20-18(13)17(19)16-9-7-15(8-10-16)14-5-3-2-4-6-14/h7-12,14,17H,2-6H2,1H3. The first-order valence-electron chi connectivity index (χ1n) is 7.53. The van der Waals surface area contributed by atoms with Gasteiger partial charge in [0.25, 0.3) is 0 Å². The van der Waals surface area contributed by atoms with Crippen LogP contribution in [-0.2, 0) is 0 Å². The molecule has 1 saturated carbocycles. The molecule has 0 amide bonds. The van der Waals surface area contributed by atoms with Crippen molar-refractivity contribution < 1.29 is 4.42 Å². The van der Waals surface area contributed by atoms with E-state index in [2.05, 4.69) is 24.3 Å². The van der Waals surface area contributed by atoms with Crippen LogP contribution in [0.1, 0.15) is 65.8 Å². The fourth-order valence-corrected chi connectivity index (χ4v) is 3.54. The van der Waals surface area contributed by atoms with E-state index in [9.17, 15) is 0 Å². The molecule has 1 fully saturated rings. The zero-order chi connectivity index (χ0) is 13.9. The summed E-state index contributed by atoms with van der Waals surface area (Å²) in [5.74, 6) is 1.61. The van der Waals surface area contributed by atoms with Gasteiger partial charge in [0.2, 0.25) is 0 Å². The molecule has 3 rings (SSSR count). The summed E-state index contributed by atoms with van der Waals surface area (Å²) in [7, 11) is 0. The monoisotopic (exact) mass is 288 g/mol. The average Bonchev–Trinajstić information content (AvgIpc) is 2.94. The van der Waals surface area contributed by atoms with Crippen LogP contribution < -0.4 is 0 Å². The minimum Gasteiger partial charge on any atom is -0.467 e. The Kier molecular flexibility index (Phi) is 4.16. The molecule has 1 atom stereocenters. The van der Waals surface area contributed by atoms with E-state index in [0.717, 1.165) is 22.8 Å². The van der Waals surface area contributed by atoms with Gasteiger partial charge in [-0.2, -0.15) is 0 Å². The molecule has 20 heavy (non-hydrogen) atoms. The number of hydrogen-bond donors (Lipinski definition) is 0. The van der Waals surface area contributed by atoms with E-state index in [1.807, 2.05) is 13.0 Å². The third-order valence-electron chi connectivity index (χ3n) is 4.44. The summed E-state index contributed by atoms with van der Waals surface area (Å²) in [6.07, 6.45) is 8.51. The van der Waals surface area contributed by atoms with E-state index in [1.165, 1.54) is 37.7 Å². The van der Waals surface area contributed by atoms with Gasteiger partial charge in [0.05, 0.1) is 6.26 Å². The molecule has 1 aliphatic rings. The predicted molar refractivity (Wildman–Crippen MR) is 83.4 cm³/mol. The molecule has 1 aromatic heterocycles. The van der Waals surface area contributed by atoms with Crippen molar-refractivity contribution in [2.75, 3.05) is 0 Å². The Morgan fingerprint density at radius 3 is 2.35 bits per heavy atom.